The Kier molecular flexibility index (Phi) is 2.96. The van der Waals surface area contributed by atoms with E-state index >= 15 is 0 Å². The van der Waals surface area contributed by atoms with Crippen LogP contribution in [-0.2, 0) is 6.54 Å². The van der Waals surface area contributed by atoms with Gasteiger partial charge in [0.2, 0.25) is 0 Å². The number of fused-ring (bicyclic) bond motifs is 1. The summed E-state index contributed by atoms with van der Waals surface area (Å²) in [4.78, 5) is 7.13. The molecule has 3 heterocycles. The monoisotopic (exact) mass is 237 g/mol. The fraction of sp³-hybridized carbons (Fsp3) is 0.750. The Morgan fingerprint density at radius 2 is 2.50 bits per heavy atom. The SMILES string of the molecule is Cc1csc(CN2CCC3NCCC3C2)n1. The molecule has 2 atom stereocenters. The Morgan fingerprint density at radius 1 is 1.56 bits per heavy atom. The van der Waals surface area contributed by atoms with Gasteiger partial charge in [-0.05, 0) is 32.2 Å². The van der Waals surface area contributed by atoms with Gasteiger partial charge in [0.05, 0.1) is 6.54 Å². The van der Waals surface area contributed by atoms with Gasteiger partial charge >= 0.3 is 0 Å². The molecule has 2 unspecified atom stereocenters. The molecule has 1 aromatic heterocycles. The minimum atomic E-state index is 0.800. The first-order valence-electron chi connectivity index (χ1n) is 6.18. The quantitative estimate of drug-likeness (QED) is 0.847. The Morgan fingerprint density at radius 3 is 3.31 bits per heavy atom. The predicted octanol–water partition coefficient (Wildman–Crippen LogP) is 1.64. The molecular formula is C12H19N3S. The highest BCUT2D eigenvalue weighted by Gasteiger charge is 2.32. The van der Waals surface area contributed by atoms with Crippen LogP contribution in [0.2, 0.25) is 0 Å². The Bertz CT molecular complexity index is 363. The molecule has 1 aromatic rings. The summed E-state index contributed by atoms with van der Waals surface area (Å²) in [5.41, 5.74) is 1.16. The van der Waals surface area contributed by atoms with Gasteiger partial charge in [0.1, 0.15) is 5.01 Å². The Hall–Kier alpha value is -0.450. The number of thiazole rings is 1. The first-order chi connectivity index (χ1) is 7.81. The molecule has 0 spiro atoms. The third-order valence-corrected chi connectivity index (χ3v) is 4.72. The molecule has 2 fully saturated rings. The lowest BCUT2D eigenvalue weighted by Gasteiger charge is -2.34. The first kappa shape index (κ1) is 10.7. The van der Waals surface area contributed by atoms with Gasteiger partial charge < -0.3 is 5.32 Å². The average Bonchev–Trinajstić information content (AvgIpc) is 2.87. The van der Waals surface area contributed by atoms with E-state index in [0.717, 1.165) is 24.2 Å². The first-order valence-corrected chi connectivity index (χ1v) is 7.06. The van der Waals surface area contributed by atoms with E-state index in [1.165, 1.54) is 37.5 Å². The molecule has 0 amide bonds. The van der Waals surface area contributed by atoms with Crippen molar-refractivity contribution in [3.8, 4) is 0 Å². The molecule has 3 rings (SSSR count). The largest absolute Gasteiger partial charge is 0.314 e. The lowest BCUT2D eigenvalue weighted by Crippen LogP contribution is -2.43. The number of nitrogens with one attached hydrogen (secondary N) is 1. The molecule has 0 bridgehead atoms. The summed E-state index contributed by atoms with van der Waals surface area (Å²) in [5.74, 6) is 0.884. The maximum Gasteiger partial charge on any atom is 0.107 e. The number of rotatable bonds is 2. The number of hydrogen-bond acceptors (Lipinski definition) is 4. The Balaban J connectivity index is 1.60. The highest BCUT2D eigenvalue weighted by molar-refractivity contribution is 7.09. The number of nitrogens with zero attached hydrogens (tertiary/aromatic N) is 2. The molecule has 0 radical (unpaired) electrons. The van der Waals surface area contributed by atoms with Crippen LogP contribution in [0, 0.1) is 12.8 Å². The molecule has 2 aliphatic heterocycles. The molecule has 3 nitrogen and oxygen atoms in total. The van der Waals surface area contributed by atoms with Gasteiger partial charge in [-0.25, -0.2) is 4.98 Å². The molecule has 4 heteroatoms. The van der Waals surface area contributed by atoms with E-state index in [0.29, 0.717) is 0 Å². The van der Waals surface area contributed by atoms with Crippen molar-refractivity contribution in [2.75, 3.05) is 19.6 Å². The number of likely N-dealkylation sites (tertiary alicyclic amines) is 1. The van der Waals surface area contributed by atoms with Crippen molar-refractivity contribution in [3.63, 3.8) is 0 Å². The minimum absolute atomic E-state index is 0.800. The van der Waals surface area contributed by atoms with Crippen LogP contribution >= 0.6 is 11.3 Å². The van der Waals surface area contributed by atoms with Gasteiger partial charge in [0, 0.05) is 30.2 Å². The van der Waals surface area contributed by atoms with Gasteiger partial charge in [-0.3, -0.25) is 4.90 Å². The number of hydrogen-bond donors (Lipinski definition) is 1. The maximum atomic E-state index is 4.55. The van der Waals surface area contributed by atoms with Crippen LogP contribution in [0.1, 0.15) is 23.5 Å². The number of piperidine rings is 1. The van der Waals surface area contributed by atoms with Crippen LogP contribution in [0.15, 0.2) is 5.38 Å². The minimum Gasteiger partial charge on any atom is -0.314 e. The van der Waals surface area contributed by atoms with Crippen LogP contribution < -0.4 is 5.32 Å². The van der Waals surface area contributed by atoms with Crippen LogP contribution in [0.3, 0.4) is 0 Å². The normalized spacial score (nSPS) is 30.6. The molecule has 0 saturated carbocycles. The summed E-state index contributed by atoms with van der Waals surface area (Å²) in [7, 11) is 0. The fourth-order valence-corrected chi connectivity index (χ4v) is 3.75. The van der Waals surface area contributed by atoms with Gasteiger partial charge in [-0.15, -0.1) is 11.3 Å². The van der Waals surface area contributed by atoms with Crippen LogP contribution in [0.4, 0.5) is 0 Å². The Labute approximate surface area is 101 Å². The molecule has 2 aliphatic rings. The van der Waals surface area contributed by atoms with Gasteiger partial charge in [0.25, 0.3) is 0 Å². The lowest BCUT2D eigenvalue weighted by molar-refractivity contribution is 0.156. The van der Waals surface area contributed by atoms with Gasteiger partial charge in [-0.1, -0.05) is 0 Å². The van der Waals surface area contributed by atoms with E-state index in [4.69, 9.17) is 0 Å². The topological polar surface area (TPSA) is 28.2 Å². The van der Waals surface area contributed by atoms with E-state index in [-0.39, 0.29) is 0 Å². The second kappa shape index (κ2) is 4.43. The zero-order chi connectivity index (χ0) is 11.0. The summed E-state index contributed by atoms with van der Waals surface area (Å²) >= 11 is 1.80. The van der Waals surface area contributed by atoms with Gasteiger partial charge in [0.15, 0.2) is 0 Å². The number of aryl methyl sites for hydroxylation is 1. The molecule has 16 heavy (non-hydrogen) atoms. The third-order valence-electron chi connectivity index (χ3n) is 3.77. The van der Waals surface area contributed by atoms with Crippen molar-refractivity contribution in [3.05, 3.63) is 16.1 Å². The summed E-state index contributed by atoms with van der Waals surface area (Å²) < 4.78 is 0. The molecule has 2 saturated heterocycles. The molecule has 1 N–H and O–H groups in total. The van der Waals surface area contributed by atoms with E-state index in [1.807, 2.05) is 0 Å². The molecule has 0 aliphatic carbocycles. The summed E-state index contributed by atoms with van der Waals surface area (Å²) in [6, 6.07) is 0.800. The zero-order valence-corrected chi connectivity index (χ0v) is 10.6. The number of aromatic nitrogens is 1. The maximum absolute atomic E-state index is 4.55. The van der Waals surface area contributed by atoms with Crippen LogP contribution in [0.5, 0.6) is 0 Å². The average molecular weight is 237 g/mol. The van der Waals surface area contributed by atoms with Crippen molar-refractivity contribution >= 4 is 11.3 Å². The predicted molar refractivity (Wildman–Crippen MR) is 66.6 cm³/mol. The smallest absolute Gasteiger partial charge is 0.107 e. The van der Waals surface area contributed by atoms with Crippen molar-refractivity contribution in [2.24, 2.45) is 5.92 Å². The van der Waals surface area contributed by atoms with E-state index in [9.17, 15) is 0 Å². The second-order valence-electron chi connectivity index (χ2n) is 5.02. The van der Waals surface area contributed by atoms with Crippen molar-refractivity contribution in [2.45, 2.75) is 32.4 Å². The van der Waals surface area contributed by atoms with Crippen molar-refractivity contribution < 1.29 is 0 Å². The van der Waals surface area contributed by atoms with Crippen LogP contribution in [0.25, 0.3) is 0 Å². The second-order valence-corrected chi connectivity index (χ2v) is 5.96. The van der Waals surface area contributed by atoms with Gasteiger partial charge in [-0.2, -0.15) is 0 Å². The molecule has 88 valence electrons. The molecule has 0 aromatic carbocycles. The van der Waals surface area contributed by atoms with E-state index in [1.54, 1.807) is 11.3 Å². The van der Waals surface area contributed by atoms with Crippen molar-refractivity contribution in [1.29, 1.82) is 0 Å². The van der Waals surface area contributed by atoms with E-state index < -0.39 is 0 Å². The van der Waals surface area contributed by atoms with E-state index in [2.05, 4.69) is 27.5 Å². The highest BCUT2D eigenvalue weighted by Crippen LogP contribution is 2.25. The highest BCUT2D eigenvalue weighted by atomic mass is 32.1. The fourth-order valence-electron chi connectivity index (χ4n) is 2.93. The van der Waals surface area contributed by atoms with Crippen molar-refractivity contribution in [1.82, 2.24) is 15.2 Å². The summed E-state index contributed by atoms with van der Waals surface area (Å²) in [6.07, 6.45) is 2.67. The lowest BCUT2D eigenvalue weighted by atomic mass is 9.93. The molecular weight excluding hydrogens is 218 g/mol. The third kappa shape index (κ3) is 2.14. The summed E-state index contributed by atoms with van der Waals surface area (Å²) in [6.45, 7) is 6.84. The summed E-state index contributed by atoms with van der Waals surface area (Å²) in [5, 5.41) is 7.04. The van der Waals surface area contributed by atoms with Crippen LogP contribution in [-0.4, -0.2) is 35.6 Å². The standard InChI is InChI=1S/C12H19N3S/c1-9-8-16-12(14-9)7-15-5-3-11-10(6-15)2-4-13-11/h8,10-11,13H,2-7H2,1H3. The zero-order valence-electron chi connectivity index (χ0n) is 9.78.